The summed E-state index contributed by atoms with van der Waals surface area (Å²) in [6.45, 7) is 3.03. The third-order valence-corrected chi connectivity index (χ3v) is 1.08. The van der Waals surface area contributed by atoms with Crippen LogP contribution in [0.4, 0.5) is 0 Å². The number of rotatable bonds is 3. The van der Waals surface area contributed by atoms with Crippen molar-refractivity contribution in [1.82, 2.24) is 0 Å². The van der Waals surface area contributed by atoms with Crippen LogP contribution in [0.5, 0.6) is 5.75 Å². The van der Waals surface area contributed by atoms with Gasteiger partial charge in [0.15, 0.2) is 0 Å². The van der Waals surface area contributed by atoms with Crippen molar-refractivity contribution in [2.24, 2.45) is 0 Å². The van der Waals surface area contributed by atoms with Crippen LogP contribution >= 0.6 is 0 Å². The van der Waals surface area contributed by atoms with Crippen molar-refractivity contribution in [3.8, 4) is 5.75 Å². The van der Waals surface area contributed by atoms with Crippen LogP contribution in [0.15, 0.2) is 30.3 Å². The number of hydrogen-bond acceptors (Lipinski definition) is 1. The molecule has 0 bridgehead atoms. The van der Waals surface area contributed by atoms with E-state index in [2.05, 4.69) is 6.92 Å². The molecule has 1 heteroatoms. The minimum absolute atomic E-state index is 0.467. The third kappa shape index (κ3) is 2.09. The maximum atomic E-state index is 7.27. The van der Waals surface area contributed by atoms with E-state index in [0.29, 0.717) is 6.42 Å². The van der Waals surface area contributed by atoms with E-state index in [1.165, 1.54) is 0 Å². The normalized spacial score (nSPS) is 13.9. The molecule has 1 radical (unpaired) electrons. The zero-order valence-electron chi connectivity index (χ0n) is 6.79. The van der Waals surface area contributed by atoms with Crippen LogP contribution in [0.1, 0.15) is 7.79 Å². The molecule has 0 aliphatic heterocycles. The summed E-state index contributed by atoms with van der Waals surface area (Å²) >= 11 is 0. The molecule has 53 valence electrons. The van der Waals surface area contributed by atoms with Crippen molar-refractivity contribution in [2.45, 2.75) is 6.42 Å². The highest BCUT2D eigenvalue weighted by molar-refractivity contribution is 5.20. The van der Waals surface area contributed by atoms with Crippen molar-refractivity contribution < 1.29 is 6.11 Å². The molecule has 1 rings (SSSR count). The van der Waals surface area contributed by atoms with Crippen molar-refractivity contribution in [1.29, 1.82) is 0 Å². The van der Waals surface area contributed by atoms with Crippen LogP contribution in [0, 0.1) is 6.92 Å². The smallest absolute Gasteiger partial charge is 0.119 e. The minimum atomic E-state index is -0.544. The summed E-state index contributed by atoms with van der Waals surface area (Å²) < 4.78 is 12.4. The molecule has 0 aliphatic carbocycles. The minimum Gasteiger partial charge on any atom is -0.494 e. The van der Waals surface area contributed by atoms with Gasteiger partial charge >= 0.3 is 0 Å². The van der Waals surface area contributed by atoms with Gasteiger partial charge in [-0.15, -0.1) is 0 Å². The Hall–Kier alpha value is -0.980. The average Bonchev–Trinajstić information content (AvgIpc) is 2.06. The second-order valence-corrected chi connectivity index (χ2v) is 1.89. The molecule has 1 aromatic carbocycles. The standard InChI is InChI=1S/C9H11O/c1-2-8-10-9-6-4-3-5-7-9/h3-7H,1-2,8H2/i8D. The van der Waals surface area contributed by atoms with Gasteiger partial charge in [-0.2, -0.15) is 0 Å². The SMILES string of the molecule is [2H]C(C[CH2])Oc1ccccc1. The summed E-state index contributed by atoms with van der Waals surface area (Å²) in [5.74, 6) is 0.733. The van der Waals surface area contributed by atoms with E-state index in [9.17, 15) is 0 Å². The van der Waals surface area contributed by atoms with Crippen LogP contribution in [0.2, 0.25) is 0 Å². The van der Waals surface area contributed by atoms with E-state index in [1.54, 1.807) is 0 Å². The molecule has 0 heterocycles. The van der Waals surface area contributed by atoms with Crippen molar-refractivity contribution in [2.75, 3.05) is 6.58 Å². The molecular formula is C9H11O. The molecule has 1 aromatic rings. The van der Waals surface area contributed by atoms with Gasteiger partial charge in [0.2, 0.25) is 0 Å². The molecule has 0 amide bonds. The fraction of sp³-hybridized carbons (Fsp3) is 0.222. The Morgan fingerprint density at radius 1 is 1.40 bits per heavy atom. The third-order valence-electron chi connectivity index (χ3n) is 1.08. The lowest BCUT2D eigenvalue weighted by molar-refractivity contribution is 0.324. The summed E-state index contributed by atoms with van der Waals surface area (Å²) in [5, 5.41) is 0. The molecule has 0 aromatic heterocycles. The molecule has 1 unspecified atom stereocenters. The molecule has 10 heavy (non-hydrogen) atoms. The summed E-state index contributed by atoms with van der Waals surface area (Å²) in [6.07, 6.45) is 0.467. The van der Waals surface area contributed by atoms with Crippen molar-refractivity contribution in [3.63, 3.8) is 0 Å². The number of hydrogen-bond donors (Lipinski definition) is 0. The zero-order chi connectivity index (χ0) is 8.10. The second-order valence-electron chi connectivity index (χ2n) is 1.89. The van der Waals surface area contributed by atoms with Crippen LogP contribution in [0.25, 0.3) is 0 Å². The predicted octanol–water partition coefficient (Wildman–Crippen LogP) is 2.29. The zero-order valence-corrected chi connectivity index (χ0v) is 5.79. The van der Waals surface area contributed by atoms with Crippen LogP contribution in [-0.4, -0.2) is 6.58 Å². The van der Waals surface area contributed by atoms with Crippen molar-refractivity contribution >= 4 is 0 Å². The average molecular weight is 136 g/mol. The summed E-state index contributed by atoms with van der Waals surface area (Å²) in [5.41, 5.74) is 0. The lowest BCUT2D eigenvalue weighted by atomic mass is 10.3. The van der Waals surface area contributed by atoms with Gasteiger partial charge in [0.25, 0.3) is 0 Å². The number of ether oxygens (including phenoxy) is 1. The van der Waals surface area contributed by atoms with Gasteiger partial charge in [0, 0.05) is 0 Å². The largest absolute Gasteiger partial charge is 0.494 e. The Morgan fingerprint density at radius 3 is 2.70 bits per heavy atom. The van der Waals surface area contributed by atoms with Crippen LogP contribution in [0.3, 0.4) is 0 Å². The highest BCUT2D eigenvalue weighted by atomic mass is 16.5. The Balaban J connectivity index is 2.51. The molecular weight excluding hydrogens is 124 g/mol. The molecule has 0 aliphatic rings. The predicted molar refractivity (Wildman–Crippen MR) is 41.9 cm³/mol. The van der Waals surface area contributed by atoms with Gasteiger partial charge in [0.1, 0.15) is 5.75 Å². The van der Waals surface area contributed by atoms with Gasteiger partial charge < -0.3 is 4.74 Å². The topological polar surface area (TPSA) is 9.23 Å². The highest BCUT2D eigenvalue weighted by Crippen LogP contribution is 2.07. The molecule has 0 saturated carbocycles. The first kappa shape index (κ1) is 5.78. The summed E-state index contributed by atoms with van der Waals surface area (Å²) in [6, 6.07) is 9.33. The quantitative estimate of drug-likeness (QED) is 0.619. The molecule has 1 atom stereocenters. The van der Waals surface area contributed by atoms with Gasteiger partial charge in [-0.1, -0.05) is 18.2 Å². The second kappa shape index (κ2) is 3.94. The summed E-state index contributed by atoms with van der Waals surface area (Å²) in [7, 11) is 0. The molecule has 0 fully saturated rings. The number of para-hydroxylation sites is 1. The van der Waals surface area contributed by atoms with E-state index in [1.807, 2.05) is 30.3 Å². The first-order chi connectivity index (χ1) is 5.33. The maximum absolute atomic E-state index is 7.27. The van der Waals surface area contributed by atoms with Crippen LogP contribution in [-0.2, 0) is 0 Å². The summed E-state index contributed by atoms with van der Waals surface area (Å²) in [4.78, 5) is 0. The lowest BCUT2D eigenvalue weighted by Crippen LogP contribution is -1.93. The molecule has 0 spiro atoms. The van der Waals surface area contributed by atoms with Gasteiger partial charge in [-0.05, 0) is 25.5 Å². The van der Waals surface area contributed by atoms with Gasteiger partial charge in [0.05, 0.1) is 7.95 Å². The molecule has 0 N–H and O–H groups in total. The highest BCUT2D eigenvalue weighted by Gasteiger charge is 1.86. The van der Waals surface area contributed by atoms with E-state index in [4.69, 9.17) is 6.11 Å². The maximum Gasteiger partial charge on any atom is 0.119 e. The Bertz CT molecular complexity index is 198. The fourth-order valence-electron chi connectivity index (χ4n) is 0.654. The lowest BCUT2D eigenvalue weighted by Gasteiger charge is -2.01. The van der Waals surface area contributed by atoms with Gasteiger partial charge in [-0.3, -0.25) is 0 Å². The molecule has 0 saturated heterocycles. The number of benzene rings is 1. The Labute approximate surface area is 63.0 Å². The first-order valence-electron chi connectivity index (χ1n) is 3.84. The fourth-order valence-corrected chi connectivity index (χ4v) is 0.654. The molecule has 1 nitrogen and oxygen atoms in total. The monoisotopic (exact) mass is 136 g/mol. The first-order valence-corrected chi connectivity index (χ1v) is 3.26. The van der Waals surface area contributed by atoms with E-state index < -0.39 is 6.58 Å². The van der Waals surface area contributed by atoms with Crippen molar-refractivity contribution in [3.05, 3.63) is 37.3 Å². The van der Waals surface area contributed by atoms with E-state index in [0.717, 1.165) is 5.75 Å². The Morgan fingerprint density at radius 2 is 2.10 bits per heavy atom. The Kier molecular flexibility index (Phi) is 2.27. The van der Waals surface area contributed by atoms with Crippen LogP contribution < -0.4 is 4.74 Å². The van der Waals surface area contributed by atoms with E-state index >= 15 is 0 Å². The van der Waals surface area contributed by atoms with E-state index in [-0.39, 0.29) is 0 Å². The van der Waals surface area contributed by atoms with Gasteiger partial charge in [-0.25, -0.2) is 0 Å².